The van der Waals surface area contributed by atoms with E-state index in [1.54, 1.807) is 0 Å². The Hall–Kier alpha value is -1.34. The highest BCUT2D eigenvalue weighted by molar-refractivity contribution is 5.31. The molecule has 162 valence electrons. The molecule has 1 heterocycles. The quantitative estimate of drug-likeness (QED) is 0.549. The highest BCUT2D eigenvalue weighted by Gasteiger charge is 2.36. The molecule has 1 aromatic carbocycles. The van der Waals surface area contributed by atoms with Crippen molar-refractivity contribution >= 4 is 0 Å². The lowest BCUT2D eigenvalue weighted by atomic mass is 9.78. The van der Waals surface area contributed by atoms with Gasteiger partial charge in [0.15, 0.2) is 17.9 Å². The molecule has 3 aliphatic rings. The van der Waals surface area contributed by atoms with Crippen LogP contribution in [0.1, 0.15) is 62.8 Å². The van der Waals surface area contributed by atoms with Crippen molar-refractivity contribution in [3.63, 3.8) is 0 Å². The first-order chi connectivity index (χ1) is 13.9. The molecule has 0 spiro atoms. The van der Waals surface area contributed by atoms with Gasteiger partial charge in [0.1, 0.15) is 0 Å². The van der Waals surface area contributed by atoms with Gasteiger partial charge in [-0.25, -0.2) is 4.39 Å². The van der Waals surface area contributed by atoms with Crippen LogP contribution in [0, 0.1) is 23.6 Å². The van der Waals surface area contributed by atoms with Crippen molar-refractivity contribution in [1.82, 2.24) is 0 Å². The summed E-state index contributed by atoms with van der Waals surface area (Å²) in [6.45, 7) is 1.56. The van der Waals surface area contributed by atoms with Crippen molar-refractivity contribution in [2.75, 3.05) is 13.2 Å². The Morgan fingerprint density at radius 2 is 1.48 bits per heavy atom. The predicted octanol–water partition coefficient (Wildman–Crippen LogP) is 6.18. The van der Waals surface area contributed by atoms with Crippen LogP contribution >= 0.6 is 0 Å². The van der Waals surface area contributed by atoms with Gasteiger partial charge in [-0.15, -0.1) is 13.2 Å². The van der Waals surface area contributed by atoms with Crippen LogP contribution in [0.2, 0.25) is 0 Å². The van der Waals surface area contributed by atoms with Gasteiger partial charge in [-0.1, -0.05) is 31.7 Å². The van der Waals surface area contributed by atoms with E-state index in [0.717, 1.165) is 56.4 Å². The van der Waals surface area contributed by atoms with Crippen molar-refractivity contribution in [3.05, 3.63) is 29.6 Å². The Labute approximate surface area is 168 Å². The molecule has 2 aliphatic carbocycles. The van der Waals surface area contributed by atoms with E-state index in [-0.39, 0.29) is 12.2 Å². The molecule has 0 atom stereocenters. The SMILES string of the molecule is Fc1cc(C2CCC(C3OCC(C4CCCC4)CO3)CC2)ccc1OC(F)(F)F. The fourth-order valence-electron chi connectivity index (χ4n) is 5.21. The zero-order valence-corrected chi connectivity index (χ0v) is 16.4. The molecule has 29 heavy (non-hydrogen) atoms. The summed E-state index contributed by atoms with van der Waals surface area (Å²) in [7, 11) is 0. The highest BCUT2D eigenvalue weighted by Crippen LogP contribution is 2.41. The normalized spacial score (nSPS) is 31.7. The minimum atomic E-state index is -4.89. The Morgan fingerprint density at radius 1 is 0.828 bits per heavy atom. The van der Waals surface area contributed by atoms with Gasteiger partial charge in [0.25, 0.3) is 0 Å². The van der Waals surface area contributed by atoms with E-state index >= 15 is 0 Å². The van der Waals surface area contributed by atoms with Gasteiger partial charge in [-0.05, 0) is 55.2 Å². The molecule has 0 radical (unpaired) electrons. The summed E-state index contributed by atoms with van der Waals surface area (Å²) in [5, 5.41) is 0. The van der Waals surface area contributed by atoms with Crippen LogP contribution in [0.3, 0.4) is 0 Å². The molecule has 0 unspecified atom stereocenters. The molecule has 3 fully saturated rings. The third-order valence-corrected chi connectivity index (χ3v) is 6.83. The van der Waals surface area contributed by atoms with Crippen molar-refractivity contribution in [1.29, 1.82) is 0 Å². The number of hydrogen-bond donors (Lipinski definition) is 0. The van der Waals surface area contributed by atoms with Crippen LogP contribution in [0.4, 0.5) is 17.6 Å². The van der Waals surface area contributed by atoms with E-state index in [9.17, 15) is 17.6 Å². The first-order valence-electron chi connectivity index (χ1n) is 10.7. The van der Waals surface area contributed by atoms with Gasteiger partial charge in [-0.3, -0.25) is 0 Å². The molecular formula is C22H28F4O3. The summed E-state index contributed by atoms with van der Waals surface area (Å²) < 4.78 is 66.7. The fraction of sp³-hybridized carbons (Fsp3) is 0.727. The van der Waals surface area contributed by atoms with Crippen LogP contribution in [0.5, 0.6) is 5.75 Å². The van der Waals surface area contributed by atoms with Gasteiger partial charge in [-0.2, -0.15) is 0 Å². The summed E-state index contributed by atoms with van der Waals surface area (Å²) in [6.07, 6.45) is 3.67. The van der Waals surface area contributed by atoms with E-state index in [2.05, 4.69) is 4.74 Å². The Morgan fingerprint density at radius 3 is 2.07 bits per heavy atom. The van der Waals surface area contributed by atoms with Crippen LogP contribution in [0.25, 0.3) is 0 Å². The second-order valence-electron chi connectivity index (χ2n) is 8.69. The maximum atomic E-state index is 14.0. The average molecular weight is 416 g/mol. The summed E-state index contributed by atoms with van der Waals surface area (Å²) in [5.74, 6) is -0.0324. The molecule has 2 saturated carbocycles. The van der Waals surface area contributed by atoms with Crippen molar-refractivity contribution in [3.8, 4) is 5.75 Å². The van der Waals surface area contributed by atoms with Gasteiger partial charge in [0.2, 0.25) is 0 Å². The number of rotatable bonds is 4. The lowest BCUT2D eigenvalue weighted by Gasteiger charge is -2.39. The number of hydrogen-bond acceptors (Lipinski definition) is 3. The predicted molar refractivity (Wildman–Crippen MR) is 98.9 cm³/mol. The van der Waals surface area contributed by atoms with Gasteiger partial charge >= 0.3 is 6.36 Å². The van der Waals surface area contributed by atoms with Gasteiger partial charge in [0, 0.05) is 11.8 Å². The zero-order chi connectivity index (χ0) is 20.4. The molecule has 1 saturated heterocycles. The Kier molecular flexibility index (Phi) is 6.35. The standard InChI is InChI=1S/C22H28F4O3/c23-19-11-17(9-10-20(19)29-22(24,25)26)15-5-7-16(8-6-15)21-27-12-18(13-28-21)14-3-1-2-4-14/h9-11,14-16,18,21H,1-8,12-13H2. The van der Waals surface area contributed by atoms with Crippen LogP contribution in [-0.2, 0) is 9.47 Å². The van der Waals surface area contributed by atoms with Crippen molar-refractivity contribution in [2.24, 2.45) is 17.8 Å². The molecule has 1 aromatic rings. The second-order valence-corrected chi connectivity index (χ2v) is 8.69. The fourth-order valence-corrected chi connectivity index (χ4v) is 5.21. The third kappa shape index (κ3) is 5.23. The largest absolute Gasteiger partial charge is 0.573 e. The summed E-state index contributed by atoms with van der Waals surface area (Å²) in [5.41, 5.74) is 0.724. The molecule has 0 amide bonds. The van der Waals surface area contributed by atoms with E-state index in [1.807, 2.05) is 0 Å². The lowest BCUT2D eigenvalue weighted by molar-refractivity contribution is -0.275. The number of benzene rings is 1. The van der Waals surface area contributed by atoms with Crippen molar-refractivity contribution in [2.45, 2.75) is 69.9 Å². The molecule has 4 rings (SSSR count). The summed E-state index contributed by atoms with van der Waals surface area (Å²) >= 11 is 0. The minimum Gasteiger partial charge on any atom is -0.403 e. The van der Waals surface area contributed by atoms with E-state index in [0.29, 0.717) is 11.8 Å². The average Bonchev–Trinajstić information content (AvgIpc) is 3.24. The highest BCUT2D eigenvalue weighted by atomic mass is 19.4. The van der Waals surface area contributed by atoms with Gasteiger partial charge < -0.3 is 14.2 Å². The molecule has 1 aliphatic heterocycles. The molecular weight excluding hydrogens is 388 g/mol. The number of ether oxygens (including phenoxy) is 3. The maximum Gasteiger partial charge on any atom is 0.573 e. The Balaban J connectivity index is 1.27. The lowest BCUT2D eigenvalue weighted by Crippen LogP contribution is -2.40. The smallest absolute Gasteiger partial charge is 0.403 e. The van der Waals surface area contributed by atoms with E-state index < -0.39 is 17.9 Å². The second kappa shape index (κ2) is 8.80. The third-order valence-electron chi connectivity index (χ3n) is 6.83. The Bertz CT molecular complexity index is 671. The molecule has 3 nitrogen and oxygen atoms in total. The molecule has 0 bridgehead atoms. The van der Waals surface area contributed by atoms with E-state index in [1.165, 1.54) is 37.8 Å². The zero-order valence-electron chi connectivity index (χ0n) is 16.4. The van der Waals surface area contributed by atoms with Crippen LogP contribution in [-0.4, -0.2) is 25.9 Å². The number of alkyl halides is 3. The van der Waals surface area contributed by atoms with Gasteiger partial charge in [0.05, 0.1) is 13.2 Å². The maximum absolute atomic E-state index is 14.0. The summed E-state index contributed by atoms with van der Waals surface area (Å²) in [6, 6.07) is 3.78. The monoisotopic (exact) mass is 416 g/mol. The molecule has 0 N–H and O–H groups in total. The topological polar surface area (TPSA) is 27.7 Å². The van der Waals surface area contributed by atoms with E-state index in [4.69, 9.17) is 9.47 Å². The number of halogens is 4. The van der Waals surface area contributed by atoms with Crippen LogP contribution < -0.4 is 4.74 Å². The first-order valence-corrected chi connectivity index (χ1v) is 10.7. The van der Waals surface area contributed by atoms with Crippen molar-refractivity contribution < 1.29 is 31.8 Å². The minimum absolute atomic E-state index is 0.135. The summed E-state index contributed by atoms with van der Waals surface area (Å²) in [4.78, 5) is 0. The van der Waals surface area contributed by atoms with Crippen LogP contribution in [0.15, 0.2) is 18.2 Å². The molecule has 7 heteroatoms. The first kappa shape index (κ1) is 20.9. The molecule has 0 aromatic heterocycles.